The minimum Gasteiger partial charge on any atom is -0.465 e. The van der Waals surface area contributed by atoms with Gasteiger partial charge in [0.15, 0.2) is 0 Å². The van der Waals surface area contributed by atoms with E-state index in [1.807, 2.05) is 0 Å². The molecule has 0 radical (unpaired) electrons. The van der Waals surface area contributed by atoms with Crippen molar-refractivity contribution in [1.82, 2.24) is 10.2 Å². The zero-order valence-corrected chi connectivity index (χ0v) is 12.6. The van der Waals surface area contributed by atoms with Crippen molar-refractivity contribution in [3.05, 3.63) is 59.7 Å². The van der Waals surface area contributed by atoms with Gasteiger partial charge in [0.05, 0.1) is 12.6 Å². The van der Waals surface area contributed by atoms with Crippen molar-refractivity contribution in [1.29, 1.82) is 0 Å². The lowest BCUT2D eigenvalue weighted by Crippen LogP contribution is -2.07. The molecule has 24 heavy (non-hydrogen) atoms. The van der Waals surface area contributed by atoms with Crippen LogP contribution in [0.2, 0.25) is 0 Å². The Bertz CT molecular complexity index is 900. The van der Waals surface area contributed by atoms with E-state index in [9.17, 15) is 13.6 Å². The summed E-state index contributed by atoms with van der Waals surface area (Å²) >= 11 is 0. The summed E-state index contributed by atoms with van der Waals surface area (Å²) in [6.07, 6.45) is -2.63. The largest absolute Gasteiger partial charge is 0.465 e. The van der Waals surface area contributed by atoms with E-state index < -0.39 is 12.4 Å². The molecule has 0 atom stereocenters. The molecule has 7 heteroatoms. The molecule has 5 nitrogen and oxygen atoms in total. The summed E-state index contributed by atoms with van der Waals surface area (Å²) in [5.74, 6) is -0.629. The number of ether oxygens (including phenoxy) is 2. The van der Waals surface area contributed by atoms with Crippen LogP contribution in [0.1, 0.15) is 22.3 Å². The molecule has 0 fully saturated rings. The average Bonchev–Trinajstić information content (AvgIpc) is 2.61. The first kappa shape index (κ1) is 15.8. The zero-order chi connectivity index (χ0) is 17.1. The first-order chi connectivity index (χ1) is 11.6. The number of nitrogens with zero attached hydrogens (tertiary/aromatic N) is 2. The third-order valence-electron chi connectivity index (χ3n) is 3.35. The molecule has 0 bridgehead atoms. The van der Waals surface area contributed by atoms with E-state index in [1.165, 1.54) is 31.4 Å². The van der Waals surface area contributed by atoms with Gasteiger partial charge in [-0.2, -0.15) is 0 Å². The van der Waals surface area contributed by atoms with E-state index in [1.54, 1.807) is 24.3 Å². The van der Waals surface area contributed by atoms with E-state index in [0.29, 0.717) is 10.9 Å². The molecule has 2 aromatic carbocycles. The number of aromatic nitrogens is 2. The quantitative estimate of drug-likeness (QED) is 0.673. The van der Waals surface area contributed by atoms with Gasteiger partial charge in [-0.15, -0.1) is 10.2 Å². The van der Waals surface area contributed by atoms with Gasteiger partial charge in [0.1, 0.15) is 11.3 Å². The van der Waals surface area contributed by atoms with Crippen LogP contribution in [0.4, 0.5) is 8.78 Å². The molecule has 0 saturated heterocycles. The summed E-state index contributed by atoms with van der Waals surface area (Å²) in [6, 6.07) is 12.2. The second-order valence-electron chi connectivity index (χ2n) is 4.86. The Morgan fingerprint density at radius 2 is 1.88 bits per heavy atom. The van der Waals surface area contributed by atoms with Crippen molar-refractivity contribution < 1.29 is 23.0 Å². The summed E-state index contributed by atoms with van der Waals surface area (Å²) in [5, 5.41) is 8.37. The minimum atomic E-state index is -2.63. The minimum absolute atomic E-state index is 0.0885. The number of benzene rings is 2. The van der Waals surface area contributed by atoms with E-state index >= 15 is 0 Å². The first-order valence-corrected chi connectivity index (χ1v) is 7.00. The molecule has 0 amide bonds. The van der Waals surface area contributed by atoms with Crippen LogP contribution >= 0.6 is 0 Å². The second-order valence-corrected chi connectivity index (χ2v) is 4.86. The monoisotopic (exact) mass is 330 g/mol. The Labute approximate surface area is 135 Å². The second kappa shape index (κ2) is 6.57. The molecule has 1 heterocycles. The summed E-state index contributed by atoms with van der Waals surface area (Å²) in [4.78, 5) is 12.1. The zero-order valence-electron chi connectivity index (χ0n) is 12.6. The van der Waals surface area contributed by atoms with Gasteiger partial charge in [-0.05, 0) is 18.2 Å². The van der Waals surface area contributed by atoms with Gasteiger partial charge in [0.25, 0.3) is 12.3 Å². The number of carbonyl (C=O) groups is 1. The Morgan fingerprint density at radius 1 is 1.08 bits per heavy atom. The normalized spacial score (nSPS) is 10.8. The predicted octanol–water partition coefficient (Wildman–Crippen LogP) is 4.15. The Kier molecular flexibility index (Phi) is 4.33. The van der Waals surface area contributed by atoms with Crippen LogP contribution in [-0.4, -0.2) is 23.3 Å². The lowest BCUT2D eigenvalue weighted by Gasteiger charge is -2.11. The standard InChI is InChI=1S/C17H12F2N2O3/c1-23-17(22)14-12-7-2-3-8-13(12)20-21-16(14)24-11-6-4-5-10(9-11)15(18)19/h2-9,15H,1H3. The average molecular weight is 330 g/mol. The maximum atomic E-state index is 12.8. The van der Waals surface area contributed by atoms with Crippen molar-refractivity contribution in [3.63, 3.8) is 0 Å². The lowest BCUT2D eigenvalue weighted by molar-refractivity contribution is 0.0599. The van der Waals surface area contributed by atoms with Crippen molar-refractivity contribution in [3.8, 4) is 11.6 Å². The van der Waals surface area contributed by atoms with E-state index in [2.05, 4.69) is 10.2 Å². The van der Waals surface area contributed by atoms with Gasteiger partial charge in [-0.3, -0.25) is 0 Å². The van der Waals surface area contributed by atoms with Gasteiger partial charge < -0.3 is 9.47 Å². The molecule has 0 N–H and O–H groups in total. The van der Waals surface area contributed by atoms with Crippen molar-refractivity contribution >= 4 is 16.9 Å². The summed E-state index contributed by atoms with van der Waals surface area (Å²) < 4.78 is 35.9. The molecule has 0 spiro atoms. The van der Waals surface area contributed by atoms with Gasteiger partial charge in [-0.1, -0.05) is 30.3 Å². The predicted molar refractivity (Wildman–Crippen MR) is 82.4 cm³/mol. The van der Waals surface area contributed by atoms with Crippen LogP contribution in [0.3, 0.4) is 0 Å². The lowest BCUT2D eigenvalue weighted by atomic mass is 10.1. The van der Waals surface area contributed by atoms with E-state index in [4.69, 9.17) is 9.47 Å². The van der Waals surface area contributed by atoms with E-state index in [-0.39, 0.29) is 22.8 Å². The third kappa shape index (κ3) is 3.01. The topological polar surface area (TPSA) is 61.3 Å². The molecular weight excluding hydrogens is 318 g/mol. The molecule has 122 valence electrons. The summed E-state index contributed by atoms with van der Waals surface area (Å²) in [7, 11) is 1.23. The van der Waals surface area contributed by atoms with Gasteiger partial charge in [-0.25, -0.2) is 13.6 Å². The molecule has 0 aliphatic rings. The number of fused-ring (bicyclic) bond motifs is 1. The number of alkyl halides is 2. The van der Waals surface area contributed by atoms with Crippen LogP contribution < -0.4 is 4.74 Å². The number of hydrogen-bond acceptors (Lipinski definition) is 5. The molecule has 3 aromatic rings. The highest BCUT2D eigenvalue weighted by atomic mass is 19.3. The first-order valence-electron chi connectivity index (χ1n) is 7.00. The number of halogens is 2. The fraction of sp³-hybridized carbons (Fsp3) is 0.118. The Balaban J connectivity index is 2.09. The molecule has 0 saturated carbocycles. The molecular formula is C17H12F2N2O3. The van der Waals surface area contributed by atoms with Gasteiger partial charge in [0.2, 0.25) is 0 Å². The van der Waals surface area contributed by atoms with Crippen LogP contribution in [-0.2, 0) is 4.74 Å². The van der Waals surface area contributed by atoms with Crippen molar-refractivity contribution in [2.45, 2.75) is 6.43 Å². The number of esters is 1. The highest BCUT2D eigenvalue weighted by Crippen LogP contribution is 2.30. The number of methoxy groups -OCH3 is 1. The third-order valence-corrected chi connectivity index (χ3v) is 3.35. The Morgan fingerprint density at radius 3 is 2.62 bits per heavy atom. The van der Waals surface area contributed by atoms with Crippen LogP contribution in [0.5, 0.6) is 11.6 Å². The number of carbonyl (C=O) groups excluding carboxylic acids is 1. The molecule has 0 aliphatic carbocycles. The maximum absolute atomic E-state index is 12.8. The Hall–Kier alpha value is -3.09. The number of hydrogen-bond donors (Lipinski definition) is 0. The van der Waals surface area contributed by atoms with E-state index in [0.717, 1.165) is 0 Å². The van der Waals surface area contributed by atoms with Crippen LogP contribution in [0, 0.1) is 0 Å². The highest BCUT2D eigenvalue weighted by Gasteiger charge is 2.20. The molecule has 3 rings (SSSR count). The van der Waals surface area contributed by atoms with Crippen LogP contribution in [0.25, 0.3) is 10.9 Å². The van der Waals surface area contributed by atoms with Gasteiger partial charge >= 0.3 is 5.97 Å². The fourth-order valence-corrected chi connectivity index (χ4v) is 2.23. The number of rotatable bonds is 4. The SMILES string of the molecule is COC(=O)c1c(Oc2cccc(C(F)F)c2)nnc2ccccc12. The summed E-state index contributed by atoms with van der Waals surface area (Å²) in [5.41, 5.74) is 0.387. The molecule has 0 aliphatic heterocycles. The molecule has 1 aromatic heterocycles. The van der Waals surface area contributed by atoms with Crippen molar-refractivity contribution in [2.24, 2.45) is 0 Å². The van der Waals surface area contributed by atoms with Gasteiger partial charge in [0, 0.05) is 10.9 Å². The fourth-order valence-electron chi connectivity index (χ4n) is 2.23. The summed E-state index contributed by atoms with van der Waals surface area (Å²) in [6.45, 7) is 0. The highest BCUT2D eigenvalue weighted by molar-refractivity contribution is 6.05. The maximum Gasteiger partial charge on any atom is 0.344 e. The van der Waals surface area contributed by atoms with Crippen molar-refractivity contribution in [2.75, 3.05) is 7.11 Å². The smallest absolute Gasteiger partial charge is 0.344 e. The molecule has 0 unspecified atom stereocenters. The van der Waals surface area contributed by atoms with Crippen LogP contribution in [0.15, 0.2) is 48.5 Å².